The molecule has 3 aromatic rings. The Bertz CT molecular complexity index is 1070. The van der Waals surface area contributed by atoms with Crippen LogP contribution in [0.5, 0.6) is 5.75 Å². The van der Waals surface area contributed by atoms with Crippen molar-refractivity contribution >= 4 is 15.7 Å². The summed E-state index contributed by atoms with van der Waals surface area (Å²) >= 11 is 0. The van der Waals surface area contributed by atoms with Crippen LogP contribution in [-0.4, -0.2) is 19.8 Å². The molecular weight excluding hydrogens is 397 g/mol. The number of benzene rings is 2. The number of halogens is 3. The normalized spacial score (nSPS) is 12.0. The fraction of sp³-hybridized carbons (Fsp3) is 0.167. The third kappa shape index (κ3) is 4.63. The number of oxazole rings is 1. The maximum absolute atomic E-state index is 12.5. The fourth-order valence-electron chi connectivity index (χ4n) is 2.35. The van der Waals surface area contributed by atoms with E-state index >= 15 is 0 Å². The van der Waals surface area contributed by atoms with E-state index in [1.807, 2.05) is 0 Å². The van der Waals surface area contributed by atoms with E-state index in [0.29, 0.717) is 17.2 Å². The average Bonchev–Trinajstić information content (AvgIpc) is 2.93. The number of nitrogens with one attached hydrogen (secondary N) is 1. The van der Waals surface area contributed by atoms with Gasteiger partial charge in [0.25, 0.3) is 10.0 Å². The first-order chi connectivity index (χ1) is 13.0. The molecule has 0 fully saturated rings. The summed E-state index contributed by atoms with van der Waals surface area (Å²) in [5, 5.41) is 0. The van der Waals surface area contributed by atoms with Gasteiger partial charge in [-0.3, -0.25) is 4.72 Å². The molecule has 0 aliphatic carbocycles. The lowest BCUT2D eigenvalue weighted by molar-refractivity contribution is -0.274. The highest BCUT2D eigenvalue weighted by molar-refractivity contribution is 7.92. The Balaban J connectivity index is 1.81. The molecule has 0 radical (unpaired) electrons. The van der Waals surface area contributed by atoms with Crippen molar-refractivity contribution in [3.8, 4) is 17.2 Å². The van der Waals surface area contributed by atoms with Gasteiger partial charge in [-0.2, -0.15) is 0 Å². The number of sulfonamides is 1. The number of hydrogen-bond donors (Lipinski definition) is 1. The predicted molar refractivity (Wildman–Crippen MR) is 95.3 cm³/mol. The molecule has 148 valence electrons. The maximum atomic E-state index is 12.5. The zero-order valence-corrected chi connectivity index (χ0v) is 15.6. The fourth-order valence-corrected chi connectivity index (χ4v) is 3.40. The number of nitrogens with zero attached hydrogens (tertiary/aromatic N) is 1. The molecule has 1 heterocycles. The quantitative estimate of drug-likeness (QED) is 0.659. The zero-order chi connectivity index (χ0) is 20.5. The number of aryl methyl sites for hydroxylation is 2. The molecule has 1 N–H and O–H groups in total. The first-order valence-electron chi connectivity index (χ1n) is 7.96. The van der Waals surface area contributed by atoms with Crippen molar-refractivity contribution in [1.29, 1.82) is 0 Å². The van der Waals surface area contributed by atoms with Crippen LogP contribution >= 0.6 is 0 Å². The van der Waals surface area contributed by atoms with Gasteiger partial charge in [-0.05, 0) is 56.3 Å². The third-order valence-electron chi connectivity index (χ3n) is 3.76. The second-order valence-corrected chi connectivity index (χ2v) is 7.55. The smallest absolute Gasteiger partial charge is 0.441 e. The minimum absolute atomic E-state index is 0.213. The number of anilines is 1. The topological polar surface area (TPSA) is 81.4 Å². The first kappa shape index (κ1) is 19.7. The van der Waals surface area contributed by atoms with Crippen LogP contribution in [0.4, 0.5) is 18.9 Å². The lowest BCUT2D eigenvalue weighted by atomic mass is 10.2. The minimum atomic E-state index is -4.85. The van der Waals surface area contributed by atoms with Crippen LogP contribution in [-0.2, 0) is 10.0 Å². The minimum Gasteiger partial charge on any atom is -0.441 e. The number of aromatic nitrogens is 1. The van der Waals surface area contributed by atoms with E-state index in [0.717, 1.165) is 30.0 Å². The van der Waals surface area contributed by atoms with E-state index in [2.05, 4.69) is 14.4 Å². The van der Waals surface area contributed by atoms with Gasteiger partial charge in [-0.25, -0.2) is 13.4 Å². The van der Waals surface area contributed by atoms with Gasteiger partial charge < -0.3 is 9.15 Å². The summed E-state index contributed by atoms with van der Waals surface area (Å²) in [6.07, 6.45) is -4.85. The van der Waals surface area contributed by atoms with Crippen molar-refractivity contribution in [2.75, 3.05) is 4.72 Å². The highest BCUT2D eigenvalue weighted by Gasteiger charge is 2.31. The molecule has 0 atom stereocenters. The molecule has 0 bridgehead atoms. The Labute approximate surface area is 159 Å². The van der Waals surface area contributed by atoms with Crippen molar-refractivity contribution < 1.29 is 30.7 Å². The molecule has 2 aromatic carbocycles. The van der Waals surface area contributed by atoms with Gasteiger partial charge in [0.1, 0.15) is 11.5 Å². The highest BCUT2D eigenvalue weighted by atomic mass is 32.2. The Hall–Kier alpha value is -3.01. The van der Waals surface area contributed by atoms with Crippen LogP contribution in [0.1, 0.15) is 11.5 Å². The van der Waals surface area contributed by atoms with Crippen LogP contribution < -0.4 is 9.46 Å². The van der Waals surface area contributed by atoms with Gasteiger partial charge in [-0.15, -0.1) is 13.2 Å². The molecule has 10 heteroatoms. The molecule has 6 nitrogen and oxygen atoms in total. The molecule has 0 amide bonds. The van der Waals surface area contributed by atoms with Gasteiger partial charge in [0.05, 0.1) is 10.6 Å². The molecule has 0 unspecified atom stereocenters. The van der Waals surface area contributed by atoms with Crippen LogP contribution in [0.25, 0.3) is 11.5 Å². The van der Waals surface area contributed by atoms with Gasteiger partial charge in [0.15, 0.2) is 0 Å². The van der Waals surface area contributed by atoms with Crippen molar-refractivity contribution in [1.82, 2.24) is 4.98 Å². The molecule has 0 aliphatic rings. The molecule has 28 heavy (non-hydrogen) atoms. The summed E-state index contributed by atoms with van der Waals surface area (Å²) in [6.45, 7) is 3.56. The third-order valence-corrected chi connectivity index (χ3v) is 5.16. The van der Waals surface area contributed by atoms with Crippen LogP contribution in [0.2, 0.25) is 0 Å². The van der Waals surface area contributed by atoms with Gasteiger partial charge in [0, 0.05) is 11.3 Å². The molecule has 0 spiro atoms. The van der Waals surface area contributed by atoms with E-state index in [4.69, 9.17) is 4.42 Å². The summed E-state index contributed by atoms with van der Waals surface area (Å²) in [5.41, 5.74) is 1.55. The van der Waals surface area contributed by atoms with Crippen LogP contribution in [0.15, 0.2) is 57.8 Å². The number of alkyl halides is 3. The van der Waals surface area contributed by atoms with Crippen LogP contribution in [0, 0.1) is 13.8 Å². The van der Waals surface area contributed by atoms with Gasteiger partial charge >= 0.3 is 6.36 Å². The van der Waals surface area contributed by atoms with Crippen LogP contribution in [0.3, 0.4) is 0 Å². The molecular formula is C18H15F3N2O4S. The van der Waals surface area contributed by atoms with E-state index < -0.39 is 22.1 Å². The van der Waals surface area contributed by atoms with Crippen molar-refractivity contribution in [2.24, 2.45) is 0 Å². The molecule has 3 rings (SSSR count). The maximum Gasteiger partial charge on any atom is 0.573 e. The molecule has 0 saturated heterocycles. The largest absolute Gasteiger partial charge is 0.573 e. The van der Waals surface area contributed by atoms with E-state index in [-0.39, 0.29) is 10.6 Å². The zero-order valence-electron chi connectivity index (χ0n) is 14.7. The number of ether oxygens (including phenoxy) is 1. The van der Waals surface area contributed by atoms with Gasteiger partial charge in [0.2, 0.25) is 5.89 Å². The van der Waals surface area contributed by atoms with E-state index in [1.165, 1.54) is 6.07 Å². The van der Waals surface area contributed by atoms with Crippen molar-refractivity contribution in [3.05, 3.63) is 60.0 Å². The highest BCUT2D eigenvalue weighted by Crippen LogP contribution is 2.27. The number of hydrogen-bond acceptors (Lipinski definition) is 5. The monoisotopic (exact) mass is 412 g/mol. The summed E-state index contributed by atoms with van der Waals surface area (Å²) in [6, 6.07) is 10.3. The second kappa shape index (κ2) is 7.19. The first-order valence-corrected chi connectivity index (χ1v) is 9.45. The Morgan fingerprint density at radius 2 is 1.75 bits per heavy atom. The summed E-state index contributed by atoms with van der Waals surface area (Å²) in [7, 11) is -4.01. The van der Waals surface area contributed by atoms with Gasteiger partial charge in [-0.1, -0.05) is 6.07 Å². The SMILES string of the molecule is Cc1nc(-c2cccc(NS(=O)(=O)c3ccc(OC(F)(F)F)cc3)c2)oc1C. The summed E-state index contributed by atoms with van der Waals surface area (Å²) < 4.78 is 73.2. The predicted octanol–water partition coefficient (Wildman–Crippen LogP) is 4.66. The van der Waals surface area contributed by atoms with E-state index in [1.54, 1.807) is 32.0 Å². The van der Waals surface area contributed by atoms with Crippen molar-refractivity contribution in [3.63, 3.8) is 0 Å². The number of rotatable bonds is 5. The molecule has 1 aromatic heterocycles. The summed E-state index contributed by atoms with van der Waals surface area (Å²) in [4.78, 5) is 4.05. The Morgan fingerprint density at radius 1 is 1.07 bits per heavy atom. The lowest BCUT2D eigenvalue weighted by Crippen LogP contribution is -2.17. The Kier molecular flexibility index (Phi) is 5.07. The Morgan fingerprint density at radius 3 is 2.32 bits per heavy atom. The molecule has 0 aliphatic heterocycles. The van der Waals surface area contributed by atoms with E-state index in [9.17, 15) is 21.6 Å². The summed E-state index contributed by atoms with van der Waals surface area (Å²) in [5.74, 6) is 0.495. The second-order valence-electron chi connectivity index (χ2n) is 5.87. The molecule has 0 saturated carbocycles. The average molecular weight is 412 g/mol. The lowest BCUT2D eigenvalue weighted by Gasteiger charge is -2.11. The van der Waals surface area contributed by atoms with Crippen molar-refractivity contribution in [2.45, 2.75) is 25.1 Å². The standard InChI is InChI=1S/C18H15F3N2O4S/c1-11-12(2)26-17(22-11)13-4-3-5-14(10-13)23-28(24,25)16-8-6-15(7-9-16)27-18(19,20)21/h3-10,23H,1-2H3.